The Hall–Kier alpha value is -3.36. The van der Waals surface area contributed by atoms with Crippen LogP contribution in [0.25, 0.3) is 0 Å². The largest absolute Gasteiger partial charge is 0.497 e. The van der Waals surface area contributed by atoms with E-state index in [2.05, 4.69) is 15.7 Å². The number of nitrogens with one attached hydrogen (secondary N) is 2. The SMILES string of the molecule is CCN1C(=O)c2cc(C(=O)NCc3cccc(OC)c3)nn2C[C@@]1(C)C(=O)NC1CCCC1. The lowest BCUT2D eigenvalue weighted by molar-refractivity contribution is -0.133. The minimum Gasteiger partial charge on any atom is -0.497 e. The van der Waals surface area contributed by atoms with Gasteiger partial charge in [-0.05, 0) is 44.4 Å². The van der Waals surface area contributed by atoms with Crippen molar-refractivity contribution in [3.63, 3.8) is 0 Å². The molecular weight excluding hydrogens is 422 g/mol. The number of fused-ring (bicyclic) bond motifs is 1. The monoisotopic (exact) mass is 453 g/mol. The van der Waals surface area contributed by atoms with Crippen LogP contribution in [0.3, 0.4) is 0 Å². The van der Waals surface area contributed by atoms with Crippen molar-refractivity contribution in [2.75, 3.05) is 13.7 Å². The maximum absolute atomic E-state index is 13.2. The van der Waals surface area contributed by atoms with Gasteiger partial charge < -0.3 is 20.3 Å². The Kier molecular flexibility index (Phi) is 6.40. The summed E-state index contributed by atoms with van der Waals surface area (Å²) in [6.07, 6.45) is 4.14. The third-order valence-corrected chi connectivity index (χ3v) is 6.61. The van der Waals surface area contributed by atoms with Gasteiger partial charge in [0.15, 0.2) is 5.69 Å². The molecule has 1 fully saturated rings. The molecule has 1 saturated carbocycles. The Morgan fingerprint density at radius 2 is 2.00 bits per heavy atom. The fraction of sp³-hybridized carbons (Fsp3) is 0.500. The number of carbonyl (C=O) groups excluding carboxylic acids is 3. The van der Waals surface area contributed by atoms with Gasteiger partial charge in [0.1, 0.15) is 17.0 Å². The van der Waals surface area contributed by atoms with E-state index in [0.717, 1.165) is 31.2 Å². The number of ether oxygens (including phenoxy) is 1. The number of aromatic nitrogens is 2. The molecule has 0 saturated heterocycles. The lowest BCUT2D eigenvalue weighted by atomic mass is 9.94. The zero-order valence-corrected chi connectivity index (χ0v) is 19.4. The topological polar surface area (TPSA) is 106 Å². The smallest absolute Gasteiger partial charge is 0.273 e. The van der Waals surface area contributed by atoms with Gasteiger partial charge in [0.2, 0.25) is 5.91 Å². The van der Waals surface area contributed by atoms with Crippen LogP contribution in [0.4, 0.5) is 0 Å². The maximum atomic E-state index is 13.2. The van der Waals surface area contributed by atoms with E-state index in [9.17, 15) is 14.4 Å². The number of likely N-dealkylation sites (N-methyl/N-ethyl adjacent to an activating group) is 1. The number of rotatable bonds is 7. The van der Waals surface area contributed by atoms with Gasteiger partial charge in [-0.3, -0.25) is 19.1 Å². The van der Waals surface area contributed by atoms with Gasteiger partial charge in [-0.2, -0.15) is 5.10 Å². The molecule has 2 heterocycles. The van der Waals surface area contributed by atoms with E-state index < -0.39 is 5.54 Å². The van der Waals surface area contributed by atoms with E-state index in [1.165, 1.54) is 10.7 Å². The van der Waals surface area contributed by atoms with E-state index >= 15 is 0 Å². The first-order chi connectivity index (χ1) is 15.9. The minimum absolute atomic E-state index is 0.151. The normalized spacial score (nSPS) is 20.5. The van der Waals surface area contributed by atoms with Crippen LogP contribution in [-0.2, 0) is 17.9 Å². The predicted octanol–water partition coefficient (Wildman–Crippen LogP) is 2.11. The molecule has 1 aliphatic heterocycles. The first kappa shape index (κ1) is 22.8. The number of benzene rings is 1. The van der Waals surface area contributed by atoms with Crippen molar-refractivity contribution in [2.45, 2.75) is 64.2 Å². The third-order valence-electron chi connectivity index (χ3n) is 6.61. The molecule has 2 aromatic rings. The molecule has 1 atom stereocenters. The van der Waals surface area contributed by atoms with Gasteiger partial charge in [-0.1, -0.05) is 25.0 Å². The first-order valence-electron chi connectivity index (χ1n) is 11.5. The summed E-state index contributed by atoms with van der Waals surface area (Å²) in [6, 6.07) is 9.07. The average molecular weight is 454 g/mol. The summed E-state index contributed by atoms with van der Waals surface area (Å²) in [5.41, 5.74) is 0.283. The van der Waals surface area contributed by atoms with E-state index in [4.69, 9.17) is 4.74 Å². The average Bonchev–Trinajstić information content (AvgIpc) is 3.48. The van der Waals surface area contributed by atoms with Crippen LogP contribution in [0.5, 0.6) is 5.75 Å². The molecule has 0 radical (unpaired) electrons. The molecule has 1 aliphatic carbocycles. The second-order valence-electron chi connectivity index (χ2n) is 8.88. The predicted molar refractivity (Wildman–Crippen MR) is 122 cm³/mol. The van der Waals surface area contributed by atoms with Gasteiger partial charge in [-0.15, -0.1) is 0 Å². The zero-order valence-electron chi connectivity index (χ0n) is 19.4. The van der Waals surface area contributed by atoms with Gasteiger partial charge >= 0.3 is 0 Å². The summed E-state index contributed by atoms with van der Waals surface area (Å²) in [5, 5.41) is 10.3. The van der Waals surface area contributed by atoms with Crippen LogP contribution in [0.1, 0.15) is 66.1 Å². The Balaban J connectivity index is 1.51. The Bertz CT molecular complexity index is 1060. The zero-order chi connectivity index (χ0) is 23.6. The highest BCUT2D eigenvalue weighted by Crippen LogP contribution is 2.28. The van der Waals surface area contributed by atoms with Crippen LogP contribution in [-0.4, -0.2) is 57.6 Å². The van der Waals surface area contributed by atoms with Crippen molar-refractivity contribution in [3.05, 3.63) is 47.3 Å². The van der Waals surface area contributed by atoms with E-state index in [1.54, 1.807) is 18.9 Å². The van der Waals surface area contributed by atoms with Gasteiger partial charge in [0.25, 0.3) is 11.8 Å². The molecule has 176 valence electrons. The van der Waals surface area contributed by atoms with Crippen molar-refractivity contribution in [1.82, 2.24) is 25.3 Å². The number of nitrogens with zero attached hydrogens (tertiary/aromatic N) is 3. The lowest BCUT2D eigenvalue weighted by Gasteiger charge is -2.43. The molecule has 0 spiro atoms. The van der Waals surface area contributed by atoms with Crippen LogP contribution >= 0.6 is 0 Å². The summed E-state index contributed by atoms with van der Waals surface area (Å²) >= 11 is 0. The van der Waals surface area contributed by atoms with Crippen LogP contribution in [0.2, 0.25) is 0 Å². The summed E-state index contributed by atoms with van der Waals surface area (Å²) in [5.74, 6) is -0.144. The molecule has 33 heavy (non-hydrogen) atoms. The number of amides is 3. The fourth-order valence-electron chi connectivity index (χ4n) is 4.71. The maximum Gasteiger partial charge on any atom is 0.273 e. The fourth-order valence-corrected chi connectivity index (χ4v) is 4.71. The molecule has 1 aromatic carbocycles. The van der Waals surface area contributed by atoms with Crippen LogP contribution in [0.15, 0.2) is 30.3 Å². The minimum atomic E-state index is -1.07. The summed E-state index contributed by atoms with van der Waals surface area (Å²) in [4.78, 5) is 40.8. The highest BCUT2D eigenvalue weighted by atomic mass is 16.5. The quantitative estimate of drug-likeness (QED) is 0.668. The molecule has 1 aromatic heterocycles. The van der Waals surface area contributed by atoms with Crippen molar-refractivity contribution < 1.29 is 19.1 Å². The standard InChI is InChI=1S/C24H31N5O4/c1-4-28-22(31)20-13-19(21(30)25-14-16-8-7-11-18(12-16)33-3)27-29(20)15-24(28,2)23(32)26-17-9-5-6-10-17/h7-8,11-13,17H,4-6,9-10,14-15H2,1-3H3,(H,25,30)(H,26,32)/t24-/m0/s1. The number of hydrogen-bond acceptors (Lipinski definition) is 5. The highest BCUT2D eigenvalue weighted by molar-refractivity contribution is 6.01. The highest BCUT2D eigenvalue weighted by Gasteiger charge is 2.48. The summed E-state index contributed by atoms with van der Waals surface area (Å²) in [6.45, 7) is 4.51. The third kappa shape index (κ3) is 4.44. The molecule has 3 amide bonds. The van der Waals surface area contributed by atoms with Crippen molar-refractivity contribution in [3.8, 4) is 5.75 Å². The second-order valence-corrected chi connectivity index (χ2v) is 8.88. The van der Waals surface area contributed by atoms with Crippen LogP contribution in [0, 0.1) is 0 Å². The molecule has 4 rings (SSSR count). The Labute approximate surface area is 193 Å². The van der Waals surface area contributed by atoms with E-state index in [1.807, 2.05) is 31.2 Å². The number of methoxy groups -OCH3 is 1. The Morgan fingerprint density at radius 3 is 2.70 bits per heavy atom. The van der Waals surface area contributed by atoms with Gasteiger partial charge in [-0.25, -0.2) is 0 Å². The Morgan fingerprint density at radius 1 is 1.24 bits per heavy atom. The van der Waals surface area contributed by atoms with Crippen molar-refractivity contribution >= 4 is 17.7 Å². The van der Waals surface area contributed by atoms with Crippen LogP contribution < -0.4 is 15.4 Å². The van der Waals surface area contributed by atoms with E-state index in [-0.39, 0.29) is 36.0 Å². The molecule has 0 bridgehead atoms. The molecule has 2 aliphatic rings. The summed E-state index contributed by atoms with van der Waals surface area (Å²) in [7, 11) is 1.59. The first-order valence-corrected chi connectivity index (χ1v) is 11.5. The summed E-state index contributed by atoms with van der Waals surface area (Å²) < 4.78 is 6.70. The number of carbonyl (C=O) groups is 3. The lowest BCUT2D eigenvalue weighted by Crippen LogP contribution is -2.64. The van der Waals surface area contributed by atoms with Crippen molar-refractivity contribution in [1.29, 1.82) is 0 Å². The second kappa shape index (κ2) is 9.25. The molecule has 9 nitrogen and oxygen atoms in total. The number of hydrogen-bond donors (Lipinski definition) is 2. The molecule has 9 heteroatoms. The molecule has 0 unspecified atom stereocenters. The molecule has 2 N–H and O–H groups in total. The van der Waals surface area contributed by atoms with E-state index in [0.29, 0.717) is 24.5 Å². The van der Waals surface area contributed by atoms with Gasteiger partial charge in [0.05, 0.1) is 13.7 Å². The molecular formula is C24H31N5O4. The van der Waals surface area contributed by atoms with Gasteiger partial charge in [0, 0.05) is 25.2 Å². The van der Waals surface area contributed by atoms with Crippen molar-refractivity contribution in [2.24, 2.45) is 0 Å².